The van der Waals surface area contributed by atoms with Gasteiger partial charge in [0.1, 0.15) is 11.3 Å². The van der Waals surface area contributed by atoms with Crippen molar-refractivity contribution >= 4 is 11.9 Å². The average Bonchev–Trinajstić information content (AvgIpc) is 2.89. The SMILES string of the molecule is COc1ccc(CCC(=O)N2CCC(N)(C(=O)O)C2)cc1. The largest absolute Gasteiger partial charge is 0.497 e. The van der Waals surface area contributed by atoms with E-state index in [9.17, 15) is 9.59 Å². The Morgan fingerprint density at radius 2 is 2.05 bits per heavy atom. The number of aliphatic carboxylic acids is 1. The third-order valence-corrected chi connectivity index (χ3v) is 3.87. The number of amides is 1. The molecule has 21 heavy (non-hydrogen) atoms. The summed E-state index contributed by atoms with van der Waals surface area (Å²) in [6.45, 7) is 0.494. The number of carbonyl (C=O) groups is 2. The summed E-state index contributed by atoms with van der Waals surface area (Å²) in [6.07, 6.45) is 1.27. The molecule has 1 aromatic rings. The van der Waals surface area contributed by atoms with E-state index in [-0.39, 0.29) is 12.5 Å². The lowest BCUT2D eigenvalue weighted by molar-refractivity contribution is -0.143. The highest BCUT2D eigenvalue weighted by Gasteiger charge is 2.42. The number of carboxylic acid groups (broad SMARTS) is 1. The lowest BCUT2D eigenvalue weighted by Crippen LogP contribution is -2.50. The number of likely N-dealkylation sites (tertiary alicyclic amines) is 1. The molecule has 1 unspecified atom stereocenters. The van der Waals surface area contributed by atoms with E-state index in [2.05, 4.69) is 0 Å². The minimum absolute atomic E-state index is 0.0561. The van der Waals surface area contributed by atoms with Gasteiger partial charge in [-0.25, -0.2) is 0 Å². The van der Waals surface area contributed by atoms with Crippen LogP contribution in [0.4, 0.5) is 0 Å². The second-order valence-corrected chi connectivity index (χ2v) is 5.37. The molecule has 1 atom stereocenters. The van der Waals surface area contributed by atoms with Crippen molar-refractivity contribution in [2.75, 3.05) is 20.2 Å². The molecular formula is C15H20N2O4. The number of nitrogens with zero attached hydrogens (tertiary/aromatic N) is 1. The van der Waals surface area contributed by atoms with E-state index in [0.717, 1.165) is 11.3 Å². The maximum atomic E-state index is 12.1. The number of methoxy groups -OCH3 is 1. The minimum Gasteiger partial charge on any atom is -0.497 e. The predicted molar refractivity (Wildman–Crippen MR) is 77.1 cm³/mol. The topological polar surface area (TPSA) is 92.9 Å². The lowest BCUT2D eigenvalue weighted by Gasteiger charge is -2.20. The smallest absolute Gasteiger partial charge is 0.325 e. The summed E-state index contributed by atoms with van der Waals surface area (Å²) in [7, 11) is 1.60. The average molecular weight is 292 g/mol. The van der Waals surface area contributed by atoms with Crippen LogP contribution in [0.1, 0.15) is 18.4 Å². The van der Waals surface area contributed by atoms with Gasteiger partial charge >= 0.3 is 5.97 Å². The van der Waals surface area contributed by atoms with Crippen molar-refractivity contribution in [2.45, 2.75) is 24.8 Å². The summed E-state index contributed by atoms with van der Waals surface area (Å²) in [5.41, 5.74) is 5.51. The van der Waals surface area contributed by atoms with Crippen molar-refractivity contribution in [1.82, 2.24) is 4.90 Å². The zero-order valence-corrected chi connectivity index (χ0v) is 12.0. The van der Waals surface area contributed by atoms with Gasteiger partial charge in [0.05, 0.1) is 7.11 Å². The molecule has 0 spiro atoms. The van der Waals surface area contributed by atoms with Gasteiger partial charge in [-0.2, -0.15) is 0 Å². The molecule has 0 aromatic heterocycles. The first-order valence-electron chi connectivity index (χ1n) is 6.87. The minimum atomic E-state index is -1.30. The molecule has 1 aromatic carbocycles. The standard InChI is InChI=1S/C15H20N2O4/c1-21-12-5-2-11(3-6-12)4-7-13(18)17-9-8-15(16,10-17)14(19)20/h2-3,5-6H,4,7-10,16H2,1H3,(H,19,20). The van der Waals surface area contributed by atoms with Crippen molar-refractivity contribution in [1.29, 1.82) is 0 Å². The summed E-state index contributed by atoms with van der Waals surface area (Å²) in [4.78, 5) is 24.7. The summed E-state index contributed by atoms with van der Waals surface area (Å²) < 4.78 is 5.08. The summed E-state index contributed by atoms with van der Waals surface area (Å²) in [6, 6.07) is 7.54. The molecule has 0 aliphatic carbocycles. The van der Waals surface area contributed by atoms with Crippen molar-refractivity contribution in [3.8, 4) is 5.75 Å². The molecule has 1 heterocycles. The van der Waals surface area contributed by atoms with Crippen LogP contribution in [-0.2, 0) is 16.0 Å². The van der Waals surface area contributed by atoms with Crippen LogP contribution < -0.4 is 10.5 Å². The van der Waals surface area contributed by atoms with Crippen LogP contribution in [0.2, 0.25) is 0 Å². The Balaban J connectivity index is 1.86. The molecule has 1 aliphatic rings. The number of carbonyl (C=O) groups excluding carboxylic acids is 1. The fraction of sp³-hybridized carbons (Fsp3) is 0.467. The highest BCUT2D eigenvalue weighted by atomic mass is 16.5. The molecule has 6 nitrogen and oxygen atoms in total. The zero-order valence-electron chi connectivity index (χ0n) is 12.0. The summed E-state index contributed by atoms with van der Waals surface area (Å²) in [5.74, 6) is -0.327. The van der Waals surface area contributed by atoms with E-state index in [1.165, 1.54) is 4.90 Å². The Kier molecular flexibility index (Phi) is 4.47. The number of carboxylic acids is 1. The number of benzene rings is 1. The van der Waals surface area contributed by atoms with Crippen molar-refractivity contribution in [3.63, 3.8) is 0 Å². The quantitative estimate of drug-likeness (QED) is 0.831. The van der Waals surface area contributed by atoms with E-state index < -0.39 is 11.5 Å². The maximum absolute atomic E-state index is 12.1. The van der Waals surface area contributed by atoms with Crippen LogP contribution in [0.5, 0.6) is 5.75 Å². The molecule has 114 valence electrons. The molecule has 0 bridgehead atoms. The third-order valence-electron chi connectivity index (χ3n) is 3.87. The van der Waals surface area contributed by atoms with Crippen molar-refractivity contribution in [3.05, 3.63) is 29.8 Å². The molecule has 1 aliphatic heterocycles. The second-order valence-electron chi connectivity index (χ2n) is 5.37. The monoisotopic (exact) mass is 292 g/mol. The third kappa shape index (κ3) is 3.52. The molecule has 2 rings (SSSR count). The Morgan fingerprint density at radius 1 is 1.38 bits per heavy atom. The molecule has 0 saturated carbocycles. The molecular weight excluding hydrogens is 272 g/mol. The number of aryl methyl sites for hydroxylation is 1. The van der Waals surface area contributed by atoms with E-state index in [1.54, 1.807) is 7.11 Å². The van der Waals surface area contributed by atoms with Gasteiger partial charge in [-0.05, 0) is 30.5 Å². The Bertz CT molecular complexity index is 529. The number of rotatable bonds is 5. The van der Waals surface area contributed by atoms with Gasteiger partial charge in [0.25, 0.3) is 0 Å². The highest BCUT2D eigenvalue weighted by molar-refractivity contribution is 5.83. The van der Waals surface area contributed by atoms with Gasteiger partial charge < -0.3 is 20.5 Å². The van der Waals surface area contributed by atoms with E-state index >= 15 is 0 Å². The Morgan fingerprint density at radius 3 is 2.57 bits per heavy atom. The zero-order chi connectivity index (χ0) is 15.5. The molecule has 6 heteroatoms. The first-order valence-corrected chi connectivity index (χ1v) is 6.87. The van der Waals surface area contributed by atoms with E-state index in [1.807, 2.05) is 24.3 Å². The molecule has 1 fully saturated rings. The van der Waals surface area contributed by atoms with Gasteiger partial charge in [0, 0.05) is 19.5 Å². The van der Waals surface area contributed by atoms with Crippen LogP contribution >= 0.6 is 0 Å². The first kappa shape index (κ1) is 15.3. The molecule has 3 N–H and O–H groups in total. The van der Waals surface area contributed by atoms with E-state index in [0.29, 0.717) is 25.8 Å². The molecule has 1 saturated heterocycles. The van der Waals surface area contributed by atoms with Crippen LogP contribution in [0.3, 0.4) is 0 Å². The number of nitrogens with two attached hydrogens (primary N) is 1. The maximum Gasteiger partial charge on any atom is 0.325 e. The predicted octanol–water partition coefficient (Wildman–Crippen LogP) is 0.642. The normalized spacial score (nSPS) is 21.3. The van der Waals surface area contributed by atoms with Crippen LogP contribution in [-0.4, -0.2) is 47.6 Å². The lowest BCUT2D eigenvalue weighted by atomic mass is 10.0. The number of hydrogen-bond acceptors (Lipinski definition) is 4. The van der Waals surface area contributed by atoms with Crippen LogP contribution in [0.15, 0.2) is 24.3 Å². The first-order chi connectivity index (χ1) is 9.94. The van der Waals surface area contributed by atoms with Crippen molar-refractivity contribution < 1.29 is 19.4 Å². The fourth-order valence-electron chi connectivity index (χ4n) is 2.42. The van der Waals surface area contributed by atoms with Gasteiger partial charge in [-0.3, -0.25) is 9.59 Å². The number of ether oxygens (including phenoxy) is 1. The highest BCUT2D eigenvalue weighted by Crippen LogP contribution is 2.20. The summed E-state index contributed by atoms with van der Waals surface area (Å²) >= 11 is 0. The van der Waals surface area contributed by atoms with Crippen LogP contribution in [0.25, 0.3) is 0 Å². The fourth-order valence-corrected chi connectivity index (χ4v) is 2.42. The molecule has 0 radical (unpaired) electrons. The van der Waals surface area contributed by atoms with E-state index in [4.69, 9.17) is 15.6 Å². The van der Waals surface area contributed by atoms with Gasteiger partial charge in [-0.1, -0.05) is 12.1 Å². The van der Waals surface area contributed by atoms with Gasteiger partial charge in [-0.15, -0.1) is 0 Å². The van der Waals surface area contributed by atoms with Gasteiger partial charge in [0.2, 0.25) is 5.91 Å². The summed E-state index contributed by atoms with van der Waals surface area (Å²) in [5, 5.41) is 9.05. The van der Waals surface area contributed by atoms with Crippen molar-refractivity contribution in [2.24, 2.45) is 5.73 Å². The van der Waals surface area contributed by atoms with Crippen LogP contribution in [0, 0.1) is 0 Å². The Hall–Kier alpha value is -2.08. The van der Waals surface area contributed by atoms with Gasteiger partial charge in [0.15, 0.2) is 0 Å². The molecule has 1 amide bonds. The second kappa shape index (κ2) is 6.13. The Labute approximate surface area is 123 Å². The number of hydrogen-bond donors (Lipinski definition) is 2.